The van der Waals surface area contributed by atoms with E-state index in [-0.39, 0.29) is 11.5 Å². The van der Waals surface area contributed by atoms with Gasteiger partial charge in [-0.15, -0.1) is 0 Å². The monoisotopic (exact) mass is 184 g/mol. The van der Waals surface area contributed by atoms with Crippen LogP contribution < -0.4 is 5.73 Å². The second kappa shape index (κ2) is 6.42. The van der Waals surface area contributed by atoms with E-state index in [0.29, 0.717) is 0 Å². The highest BCUT2D eigenvalue weighted by Crippen LogP contribution is 2.22. The molecule has 0 aromatic carbocycles. The first-order valence-corrected chi connectivity index (χ1v) is 5.69. The smallest absolute Gasteiger partial charge is 0.0261 e. The highest BCUT2D eigenvalue weighted by atomic mass is 14.7. The molecule has 0 aliphatic carbocycles. The number of hydrogen-bond donors (Lipinski definition) is 0. The minimum Gasteiger partial charge on any atom is -0.254 e. The van der Waals surface area contributed by atoms with E-state index in [9.17, 15) is 0 Å². The van der Waals surface area contributed by atoms with Crippen molar-refractivity contribution in [2.75, 3.05) is 0 Å². The van der Waals surface area contributed by atoms with E-state index in [1.54, 1.807) is 0 Å². The van der Waals surface area contributed by atoms with Gasteiger partial charge in [-0.25, -0.2) is 0 Å². The Hall–Kier alpha value is -0.0400. The largest absolute Gasteiger partial charge is 0.254 e. The average molecular weight is 184 g/mol. The van der Waals surface area contributed by atoms with Crippen molar-refractivity contribution in [1.29, 1.82) is 0 Å². The molecule has 0 saturated heterocycles. The quantitative estimate of drug-likeness (QED) is 0.556. The molecular formula is C12H26N. The van der Waals surface area contributed by atoms with Crippen LogP contribution in [0.4, 0.5) is 0 Å². The van der Waals surface area contributed by atoms with Crippen molar-refractivity contribution in [1.82, 2.24) is 5.73 Å². The Labute approximate surface area is 84.1 Å². The summed E-state index contributed by atoms with van der Waals surface area (Å²) in [5, 5.41) is 0. The molecular weight excluding hydrogens is 158 g/mol. The Balaban J connectivity index is 3.32. The van der Waals surface area contributed by atoms with Crippen LogP contribution in [-0.2, 0) is 0 Å². The van der Waals surface area contributed by atoms with Crippen molar-refractivity contribution < 1.29 is 0 Å². The summed E-state index contributed by atoms with van der Waals surface area (Å²) in [6.45, 7) is 8.73. The van der Waals surface area contributed by atoms with E-state index in [2.05, 4.69) is 27.7 Å². The molecule has 0 aliphatic heterocycles. The molecule has 0 saturated carbocycles. The standard InChI is InChI=1S/C12H26N/c1-5-6-7-8-9-10-11(13)12(2,3)4/h11,13H,5-10H2,1-4H3. The highest BCUT2D eigenvalue weighted by Gasteiger charge is 2.20. The Morgan fingerprint density at radius 1 is 1.00 bits per heavy atom. The molecule has 13 heavy (non-hydrogen) atoms. The molecule has 0 fully saturated rings. The zero-order valence-electron chi connectivity index (χ0n) is 9.82. The summed E-state index contributed by atoms with van der Waals surface area (Å²) in [6.07, 6.45) is 7.66. The molecule has 0 aromatic rings. The van der Waals surface area contributed by atoms with Crippen LogP contribution >= 0.6 is 0 Å². The molecule has 0 heterocycles. The summed E-state index contributed by atoms with van der Waals surface area (Å²) in [7, 11) is 0. The van der Waals surface area contributed by atoms with E-state index in [0.717, 1.165) is 6.42 Å². The van der Waals surface area contributed by atoms with Crippen LogP contribution in [0.1, 0.15) is 66.2 Å². The van der Waals surface area contributed by atoms with E-state index >= 15 is 0 Å². The molecule has 1 nitrogen and oxygen atoms in total. The SMILES string of the molecule is CCCCCCCC([NH])C(C)(C)C. The van der Waals surface area contributed by atoms with Crippen LogP contribution in [0.25, 0.3) is 0 Å². The fraction of sp³-hybridized carbons (Fsp3) is 1.00. The maximum atomic E-state index is 7.90. The molecule has 0 bridgehead atoms. The minimum atomic E-state index is 0.120. The summed E-state index contributed by atoms with van der Waals surface area (Å²) < 4.78 is 0. The third-order valence-electron chi connectivity index (χ3n) is 2.64. The van der Waals surface area contributed by atoms with Crippen LogP contribution in [0, 0.1) is 5.41 Å². The summed E-state index contributed by atoms with van der Waals surface area (Å²) in [5.41, 5.74) is 8.08. The van der Waals surface area contributed by atoms with Crippen LogP contribution in [0.5, 0.6) is 0 Å². The summed E-state index contributed by atoms with van der Waals surface area (Å²) in [4.78, 5) is 0. The van der Waals surface area contributed by atoms with Crippen LogP contribution in [-0.4, -0.2) is 6.04 Å². The summed E-state index contributed by atoms with van der Waals surface area (Å²) in [6, 6.07) is 0.120. The second-order valence-corrected chi connectivity index (χ2v) is 5.12. The van der Waals surface area contributed by atoms with Crippen molar-refractivity contribution in [2.24, 2.45) is 5.41 Å². The third kappa shape index (κ3) is 7.06. The molecule has 79 valence electrons. The lowest BCUT2D eigenvalue weighted by Gasteiger charge is -2.25. The Bertz CT molecular complexity index is 113. The lowest BCUT2D eigenvalue weighted by atomic mass is 9.84. The molecule has 0 amide bonds. The topological polar surface area (TPSA) is 23.8 Å². The predicted molar refractivity (Wildman–Crippen MR) is 59.7 cm³/mol. The first-order valence-electron chi connectivity index (χ1n) is 5.69. The maximum absolute atomic E-state index is 7.90. The first-order chi connectivity index (χ1) is 5.98. The van der Waals surface area contributed by atoms with Crippen LogP contribution in [0.3, 0.4) is 0 Å². The van der Waals surface area contributed by atoms with E-state index in [1.807, 2.05) is 0 Å². The fourth-order valence-electron chi connectivity index (χ4n) is 1.39. The minimum absolute atomic E-state index is 0.120. The fourth-order valence-corrected chi connectivity index (χ4v) is 1.39. The molecule has 1 N–H and O–H groups in total. The summed E-state index contributed by atoms with van der Waals surface area (Å²) in [5.74, 6) is 0. The number of nitrogens with one attached hydrogen (secondary N) is 1. The van der Waals surface area contributed by atoms with Gasteiger partial charge in [-0.2, -0.15) is 0 Å². The number of rotatable bonds is 6. The van der Waals surface area contributed by atoms with Crippen LogP contribution in [0.2, 0.25) is 0 Å². The molecule has 0 aromatic heterocycles. The lowest BCUT2D eigenvalue weighted by Crippen LogP contribution is -2.27. The third-order valence-corrected chi connectivity index (χ3v) is 2.64. The second-order valence-electron chi connectivity index (χ2n) is 5.12. The molecule has 0 aliphatic rings. The zero-order chi connectivity index (χ0) is 10.3. The normalized spacial score (nSPS) is 14.5. The average Bonchev–Trinajstić information content (AvgIpc) is 2.02. The highest BCUT2D eigenvalue weighted by molar-refractivity contribution is 4.75. The van der Waals surface area contributed by atoms with Crippen LogP contribution in [0.15, 0.2) is 0 Å². The van der Waals surface area contributed by atoms with Crippen molar-refractivity contribution in [3.05, 3.63) is 0 Å². The zero-order valence-corrected chi connectivity index (χ0v) is 9.82. The Morgan fingerprint density at radius 3 is 2.00 bits per heavy atom. The van der Waals surface area contributed by atoms with Gasteiger partial charge >= 0.3 is 0 Å². The van der Waals surface area contributed by atoms with E-state index in [4.69, 9.17) is 5.73 Å². The Morgan fingerprint density at radius 2 is 1.54 bits per heavy atom. The molecule has 1 radical (unpaired) electrons. The summed E-state index contributed by atoms with van der Waals surface area (Å²) >= 11 is 0. The lowest BCUT2D eigenvalue weighted by molar-refractivity contribution is 0.290. The van der Waals surface area contributed by atoms with Crippen molar-refractivity contribution >= 4 is 0 Å². The maximum Gasteiger partial charge on any atom is 0.0261 e. The number of hydrogen-bond acceptors (Lipinski definition) is 0. The van der Waals surface area contributed by atoms with Gasteiger partial charge in [0.1, 0.15) is 0 Å². The van der Waals surface area contributed by atoms with Crippen molar-refractivity contribution in [3.63, 3.8) is 0 Å². The van der Waals surface area contributed by atoms with Gasteiger partial charge in [-0.1, -0.05) is 59.8 Å². The van der Waals surface area contributed by atoms with Gasteiger partial charge in [0.2, 0.25) is 0 Å². The number of unbranched alkanes of at least 4 members (excludes halogenated alkanes) is 4. The first kappa shape index (κ1) is 13.0. The van der Waals surface area contributed by atoms with Gasteiger partial charge in [0.25, 0.3) is 0 Å². The van der Waals surface area contributed by atoms with Gasteiger partial charge in [-0.05, 0) is 11.8 Å². The van der Waals surface area contributed by atoms with Gasteiger partial charge in [0, 0.05) is 6.04 Å². The molecule has 0 rings (SSSR count). The molecule has 1 unspecified atom stereocenters. The van der Waals surface area contributed by atoms with E-state index < -0.39 is 0 Å². The van der Waals surface area contributed by atoms with Gasteiger partial charge in [-0.3, -0.25) is 5.73 Å². The molecule has 1 atom stereocenters. The van der Waals surface area contributed by atoms with Gasteiger partial charge < -0.3 is 0 Å². The Kier molecular flexibility index (Phi) is 6.40. The molecule has 0 spiro atoms. The van der Waals surface area contributed by atoms with Crippen molar-refractivity contribution in [3.8, 4) is 0 Å². The predicted octanol–water partition coefficient (Wildman–Crippen LogP) is 4.04. The van der Waals surface area contributed by atoms with Crippen molar-refractivity contribution in [2.45, 2.75) is 72.3 Å². The van der Waals surface area contributed by atoms with E-state index in [1.165, 1.54) is 32.1 Å². The van der Waals surface area contributed by atoms with Gasteiger partial charge in [0.05, 0.1) is 0 Å². The van der Waals surface area contributed by atoms with Gasteiger partial charge in [0.15, 0.2) is 0 Å². The molecule has 1 heteroatoms.